The lowest BCUT2D eigenvalue weighted by Gasteiger charge is -2.32. The van der Waals surface area contributed by atoms with E-state index in [-0.39, 0.29) is 16.1 Å². The van der Waals surface area contributed by atoms with Gasteiger partial charge in [-0.2, -0.15) is 5.26 Å². The van der Waals surface area contributed by atoms with Crippen molar-refractivity contribution in [1.82, 2.24) is 10.2 Å². The highest BCUT2D eigenvalue weighted by Crippen LogP contribution is 2.31. The van der Waals surface area contributed by atoms with Gasteiger partial charge in [-0.15, -0.1) is 0 Å². The summed E-state index contributed by atoms with van der Waals surface area (Å²) in [6.07, 6.45) is 1.57. The third-order valence-corrected chi connectivity index (χ3v) is 5.70. The predicted octanol–water partition coefficient (Wildman–Crippen LogP) is 4.57. The first kappa shape index (κ1) is 25.3. The lowest BCUT2D eigenvalue weighted by Crippen LogP contribution is -2.54. The molecular weight excluding hydrogens is 480 g/mol. The maximum Gasteiger partial charge on any atom is 0.335 e. The summed E-state index contributed by atoms with van der Waals surface area (Å²) in [6.45, 7) is 1.11. The minimum Gasteiger partial charge on any atom is -0.478 e. The Bertz CT molecular complexity index is 1350. The molecular formula is C25H18ClF2N3O4. The van der Waals surface area contributed by atoms with Crippen LogP contribution in [-0.4, -0.2) is 34.8 Å². The van der Waals surface area contributed by atoms with Gasteiger partial charge in [0.15, 0.2) is 6.19 Å². The van der Waals surface area contributed by atoms with E-state index in [4.69, 9.17) is 22.0 Å². The first-order valence-corrected chi connectivity index (χ1v) is 10.5. The number of nitrogens with one attached hydrogen (secondary N) is 1. The van der Waals surface area contributed by atoms with Gasteiger partial charge in [0.1, 0.15) is 17.2 Å². The second-order valence-corrected chi connectivity index (χ2v) is 8.12. The molecule has 0 aliphatic rings. The fraction of sp³-hybridized carbons (Fsp3) is 0.120. The Morgan fingerprint density at radius 1 is 1.03 bits per heavy atom. The third-order valence-electron chi connectivity index (χ3n) is 5.38. The van der Waals surface area contributed by atoms with Crippen LogP contribution in [0.15, 0.2) is 60.7 Å². The van der Waals surface area contributed by atoms with Crippen molar-refractivity contribution in [2.45, 2.75) is 12.5 Å². The van der Waals surface area contributed by atoms with Crippen molar-refractivity contribution in [3.8, 4) is 17.3 Å². The Hall–Kier alpha value is -4.29. The quantitative estimate of drug-likeness (QED) is 0.383. The number of rotatable bonds is 6. The molecule has 0 aliphatic carbocycles. The van der Waals surface area contributed by atoms with E-state index < -0.39 is 40.5 Å². The molecule has 1 atom stereocenters. The van der Waals surface area contributed by atoms with Gasteiger partial charge in [-0.1, -0.05) is 35.9 Å². The van der Waals surface area contributed by atoms with Crippen LogP contribution in [0.1, 0.15) is 33.2 Å². The van der Waals surface area contributed by atoms with Crippen molar-refractivity contribution < 1.29 is 28.3 Å². The zero-order valence-corrected chi connectivity index (χ0v) is 19.2. The predicted molar refractivity (Wildman–Crippen MR) is 123 cm³/mol. The number of carbonyl (C=O) groups is 3. The van der Waals surface area contributed by atoms with Gasteiger partial charge in [0.25, 0.3) is 11.8 Å². The standard InChI is InChI=1S/C25H18ClF2N3O4/c1-25(24(35)31(2)13-29,21-19(27)4-3-5-20(21)28)30-22(32)15-8-6-14(7-9-15)17-11-10-16(23(33)34)12-18(17)26/h3-12H,1-2H3,(H,30,32)(H,33,34)/t25-/m0/s1. The maximum absolute atomic E-state index is 14.6. The van der Waals surface area contributed by atoms with Gasteiger partial charge in [-0.05, 0) is 48.9 Å². The monoisotopic (exact) mass is 497 g/mol. The molecule has 0 fully saturated rings. The fourth-order valence-electron chi connectivity index (χ4n) is 3.56. The normalized spacial score (nSPS) is 12.2. The number of likely N-dealkylation sites (N-methyl/N-ethyl adjacent to an activating group) is 1. The Morgan fingerprint density at radius 2 is 1.60 bits per heavy atom. The lowest BCUT2D eigenvalue weighted by molar-refractivity contribution is -0.133. The van der Waals surface area contributed by atoms with E-state index >= 15 is 0 Å². The smallest absolute Gasteiger partial charge is 0.335 e. The number of carboxylic acids is 1. The zero-order chi connectivity index (χ0) is 25.9. The van der Waals surface area contributed by atoms with Gasteiger partial charge in [0.2, 0.25) is 0 Å². The Balaban J connectivity index is 1.96. The van der Waals surface area contributed by atoms with Crippen LogP contribution in [0, 0.1) is 23.1 Å². The molecule has 2 N–H and O–H groups in total. The SMILES string of the molecule is CN(C#N)C(=O)[C@@](C)(NC(=O)c1ccc(-c2ccc(C(=O)O)cc2Cl)cc1)c1c(F)cccc1F. The second kappa shape index (κ2) is 9.91. The van der Waals surface area contributed by atoms with Gasteiger partial charge in [-0.25, -0.2) is 18.5 Å². The summed E-state index contributed by atoms with van der Waals surface area (Å²) in [5, 5.41) is 20.7. The van der Waals surface area contributed by atoms with Crippen molar-refractivity contribution in [2.75, 3.05) is 7.05 Å². The molecule has 0 bridgehead atoms. The number of aromatic carboxylic acids is 1. The number of carbonyl (C=O) groups excluding carboxylic acids is 2. The number of hydrogen-bond donors (Lipinski definition) is 2. The van der Waals surface area contributed by atoms with Crippen molar-refractivity contribution in [3.05, 3.63) is 94.0 Å². The molecule has 0 aliphatic heterocycles. The number of hydrogen-bond acceptors (Lipinski definition) is 4. The number of benzene rings is 3. The average molecular weight is 498 g/mol. The van der Waals surface area contributed by atoms with Gasteiger partial charge >= 0.3 is 5.97 Å². The second-order valence-electron chi connectivity index (χ2n) is 7.72. The molecule has 0 saturated heterocycles. The van der Waals surface area contributed by atoms with Gasteiger partial charge in [0.05, 0.1) is 11.1 Å². The Labute approximate surface area is 204 Å². The number of nitrogens with zero attached hydrogens (tertiary/aromatic N) is 2. The summed E-state index contributed by atoms with van der Waals surface area (Å²) in [6, 6.07) is 13.1. The van der Waals surface area contributed by atoms with Crippen LogP contribution < -0.4 is 5.32 Å². The van der Waals surface area contributed by atoms with Crippen LogP contribution in [0.2, 0.25) is 5.02 Å². The molecule has 7 nitrogen and oxygen atoms in total. The largest absolute Gasteiger partial charge is 0.478 e. The summed E-state index contributed by atoms with van der Waals surface area (Å²) >= 11 is 6.19. The molecule has 0 saturated carbocycles. The summed E-state index contributed by atoms with van der Waals surface area (Å²) < 4.78 is 29.2. The van der Waals surface area contributed by atoms with Crippen LogP contribution in [-0.2, 0) is 10.3 Å². The average Bonchev–Trinajstić information content (AvgIpc) is 2.82. The van der Waals surface area contributed by atoms with Crippen LogP contribution in [0.5, 0.6) is 0 Å². The highest BCUT2D eigenvalue weighted by Gasteiger charge is 2.43. The number of carboxylic acid groups (broad SMARTS) is 1. The van der Waals surface area contributed by atoms with E-state index in [0.717, 1.165) is 32.2 Å². The highest BCUT2D eigenvalue weighted by molar-refractivity contribution is 6.33. The Kier molecular flexibility index (Phi) is 7.17. The van der Waals surface area contributed by atoms with E-state index in [1.807, 2.05) is 0 Å². The van der Waals surface area contributed by atoms with Crippen LogP contribution in [0.4, 0.5) is 8.78 Å². The summed E-state index contributed by atoms with van der Waals surface area (Å²) in [5.74, 6) is -5.13. The van der Waals surface area contributed by atoms with Gasteiger partial charge in [-0.3, -0.25) is 9.59 Å². The van der Waals surface area contributed by atoms with E-state index in [2.05, 4.69) is 5.32 Å². The Morgan fingerprint density at radius 3 is 2.11 bits per heavy atom. The van der Waals surface area contributed by atoms with Crippen LogP contribution in [0.3, 0.4) is 0 Å². The lowest BCUT2D eigenvalue weighted by atomic mass is 9.88. The first-order valence-electron chi connectivity index (χ1n) is 10.1. The number of amides is 2. The fourth-order valence-corrected chi connectivity index (χ4v) is 3.85. The molecule has 3 aromatic carbocycles. The summed E-state index contributed by atoms with van der Waals surface area (Å²) in [5.41, 5.74) is -1.77. The van der Waals surface area contributed by atoms with E-state index in [1.54, 1.807) is 18.3 Å². The van der Waals surface area contributed by atoms with E-state index in [0.29, 0.717) is 16.0 Å². The first-order chi connectivity index (χ1) is 16.5. The third kappa shape index (κ3) is 4.98. The van der Waals surface area contributed by atoms with E-state index in [1.165, 1.54) is 30.3 Å². The number of nitriles is 1. The van der Waals surface area contributed by atoms with Crippen molar-refractivity contribution in [3.63, 3.8) is 0 Å². The molecule has 0 unspecified atom stereocenters. The van der Waals surface area contributed by atoms with Crippen molar-refractivity contribution in [2.24, 2.45) is 0 Å². The molecule has 35 heavy (non-hydrogen) atoms. The highest BCUT2D eigenvalue weighted by atomic mass is 35.5. The van der Waals surface area contributed by atoms with Gasteiger partial charge in [0, 0.05) is 23.2 Å². The molecule has 2 amide bonds. The topological polar surface area (TPSA) is 111 Å². The molecule has 0 spiro atoms. The summed E-state index contributed by atoms with van der Waals surface area (Å²) in [4.78, 5) is 37.6. The van der Waals surface area contributed by atoms with Crippen LogP contribution in [0.25, 0.3) is 11.1 Å². The summed E-state index contributed by atoms with van der Waals surface area (Å²) in [7, 11) is 1.11. The maximum atomic E-state index is 14.6. The molecule has 10 heteroatoms. The molecule has 3 rings (SSSR count). The van der Waals surface area contributed by atoms with Gasteiger partial charge < -0.3 is 10.4 Å². The van der Waals surface area contributed by atoms with E-state index in [9.17, 15) is 23.2 Å². The molecule has 3 aromatic rings. The minimum atomic E-state index is -2.23. The van der Waals surface area contributed by atoms with Crippen LogP contribution >= 0.6 is 11.6 Å². The molecule has 0 heterocycles. The minimum absolute atomic E-state index is 0.0152. The molecule has 178 valence electrons. The van der Waals surface area contributed by atoms with Crippen molar-refractivity contribution >= 4 is 29.4 Å². The van der Waals surface area contributed by atoms with Crippen molar-refractivity contribution in [1.29, 1.82) is 5.26 Å². The molecule has 0 radical (unpaired) electrons. The zero-order valence-electron chi connectivity index (χ0n) is 18.5. The molecule has 0 aromatic heterocycles. The number of halogens is 3.